The molecule has 23 heavy (non-hydrogen) atoms. The fourth-order valence-electron chi connectivity index (χ4n) is 2.78. The molecule has 0 amide bonds. The summed E-state index contributed by atoms with van der Waals surface area (Å²) in [6.07, 6.45) is 0.764. The summed E-state index contributed by atoms with van der Waals surface area (Å²) in [6, 6.07) is 14.6. The molecular weight excluding hydrogens is 290 g/mol. The molecule has 1 aliphatic heterocycles. The third kappa shape index (κ3) is 3.12. The first-order valence-electron chi connectivity index (χ1n) is 7.57. The van der Waals surface area contributed by atoms with E-state index in [4.69, 9.17) is 16.3 Å². The molecule has 0 fully saturated rings. The zero-order valence-electron chi connectivity index (χ0n) is 13.4. The van der Waals surface area contributed by atoms with Crippen molar-refractivity contribution in [3.8, 4) is 0 Å². The van der Waals surface area contributed by atoms with E-state index in [1.54, 1.807) is 0 Å². The molecule has 2 aromatic carbocycles. The Hall–Kier alpha value is -2.60. The number of hydrogen-bond donors (Lipinski definition) is 2. The lowest BCUT2D eigenvalue weighted by Crippen LogP contribution is -2.53. The van der Waals surface area contributed by atoms with Crippen molar-refractivity contribution < 1.29 is 4.84 Å². The van der Waals surface area contributed by atoms with Gasteiger partial charge in [0.2, 0.25) is 11.9 Å². The fourth-order valence-corrected chi connectivity index (χ4v) is 2.78. The lowest BCUT2D eigenvalue weighted by Gasteiger charge is -2.36. The van der Waals surface area contributed by atoms with Crippen molar-refractivity contribution in [3.05, 3.63) is 48.0 Å². The molecule has 0 radical (unpaired) electrons. The van der Waals surface area contributed by atoms with Crippen LogP contribution in [0.15, 0.2) is 52.4 Å². The number of benzene rings is 2. The lowest BCUT2D eigenvalue weighted by atomic mass is 10.0. The Morgan fingerprint density at radius 2 is 1.83 bits per heavy atom. The van der Waals surface area contributed by atoms with Crippen molar-refractivity contribution >= 4 is 22.7 Å². The first kappa shape index (κ1) is 15.3. The first-order valence-corrected chi connectivity index (χ1v) is 7.57. The van der Waals surface area contributed by atoms with Crippen LogP contribution in [-0.4, -0.2) is 29.3 Å². The SMILES string of the molecule is CC1(C)N=C(N)N=C(N)N1OCCc1cccc2ccccc12. The summed E-state index contributed by atoms with van der Waals surface area (Å²) in [7, 11) is 0. The Kier molecular flexibility index (Phi) is 3.92. The molecular formula is C17H21N5O. The Bertz CT molecular complexity index is 776. The van der Waals surface area contributed by atoms with E-state index in [-0.39, 0.29) is 11.9 Å². The predicted molar refractivity (Wildman–Crippen MR) is 92.8 cm³/mol. The monoisotopic (exact) mass is 311 g/mol. The maximum absolute atomic E-state index is 5.91. The summed E-state index contributed by atoms with van der Waals surface area (Å²) in [5, 5.41) is 3.97. The Morgan fingerprint density at radius 3 is 2.61 bits per heavy atom. The molecule has 0 saturated carbocycles. The van der Waals surface area contributed by atoms with Crippen molar-refractivity contribution in [1.29, 1.82) is 0 Å². The maximum atomic E-state index is 5.91. The van der Waals surface area contributed by atoms with Crippen molar-refractivity contribution in [2.24, 2.45) is 21.5 Å². The summed E-state index contributed by atoms with van der Waals surface area (Å²) < 4.78 is 0. The molecule has 120 valence electrons. The zero-order valence-corrected chi connectivity index (χ0v) is 13.4. The number of fused-ring (bicyclic) bond motifs is 1. The minimum atomic E-state index is -0.672. The molecule has 6 heteroatoms. The van der Waals surface area contributed by atoms with Crippen LogP contribution in [0.3, 0.4) is 0 Å². The molecule has 2 aromatic rings. The smallest absolute Gasteiger partial charge is 0.226 e. The zero-order chi connectivity index (χ0) is 16.4. The van der Waals surface area contributed by atoms with Gasteiger partial charge in [0.25, 0.3) is 0 Å². The van der Waals surface area contributed by atoms with Gasteiger partial charge in [0.05, 0.1) is 6.61 Å². The highest BCUT2D eigenvalue weighted by molar-refractivity contribution is 5.95. The van der Waals surface area contributed by atoms with Gasteiger partial charge in [0.1, 0.15) is 0 Å². The molecule has 0 bridgehead atoms. The van der Waals surface area contributed by atoms with E-state index in [9.17, 15) is 0 Å². The standard InChI is InChI=1S/C17H21N5O/c1-17(2)21-15(18)20-16(19)22(17)23-11-10-13-8-5-7-12-6-3-4-9-14(12)13/h3-9H,10-11H2,1-2H3,(H4,18,19,20,21). The van der Waals surface area contributed by atoms with Gasteiger partial charge in [-0.15, -0.1) is 0 Å². The van der Waals surface area contributed by atoms with Gasteiger partial charge in [-0.3, -0.25) is 4.84 Å². The van der Waals surface area contributed by atoms with E-state index in [1.165, 1.54) is 21.4 Å². The average molecular weight is 311 g/mol. The number of aliphatic imine (C=N–C) groups is 2. The van der Waals surface area contributed by atoms with Crippen LogP contribution in [0.1, 0.15) is 19.4 Å². The van der Waals surface area contributed by atoms with Crippen LogP contribution >= 0.6 is 0 Å². The van der Waals surface area contributed by atoms with Crippen LogP contribution in [0.2, 0.25) is 0 Å². The summed E-state index contributed by atoms with van der Waals surface area (Å²) in [5.41, 5.74) is 12.1. The van der Waals surface area contributed by atoms with Crippen molar-refractivity contribution in [2.75, 3.05) is 6.61 Å². The van der Waals surface area contributed by atoms with E-state index >= 15 is 0 Å². The van der Waals surface area contributed by atoms with Crippen LogP contribution in [0.25, 0.3) is 10.8 Å². The summed E-state index contributed by atoms with van der Waals surface area (Å²) in [5.74, 6) is 0.391. The lowest BCUT2D eigenvalue weighted by molar-refractivity contribution is -0.155. The van der Waals surface area contributed by atoms with Crippen LogP contribution in [-0.2, 0) is 11.3 Å². The van der Waals surface area contributed by atoms with E-state index in [1.807, 2.05) is 26.0 Å². The number of rotatable bonds is 4. The molecule has 0 aliphatic carbocycles. The highest BCUT2D eigenvalue weighted by Crippen LogP contribution is 2.22. The Morgan fingerprint density at radius 1 is 1.09 bits per heavy atom. The average Bonchev–Trinajstić information content (AvgIpc) is 2.49. The summed E-state index contributed by atoms with van der Waals surface area (Å²) >= 11 is 0. The van der Waals surface area contributed by atoms with Crippen LogP contribution in [0.5, 0.6) is 0 Å². The van der Waals surface area contributed by atoms with Crippen LogP contribution in [0, 0.1) is 0 Å². The molecule has 0 unspecified atom stereocenters. The number of hydroxylamine groups is 2. The van der Waals surface area contributed by atoms with Gasteiger partial charge in [-0.1, -0.05) is 42.5 Å². The number of nitrogens with two attached hydrogens (primary N) is 2. The first-order chi connectivity index (χ1) is 11.0. The maximum Gasteiger partial charge on any atom is 0.226 e. The van der Waals surface area contributed by atoms with E-state index in [0.717, 1.165) is 6.42 Å². The van der Waals surface area contributed by atoms with Gasteiger partial charge in [-0.05, 0) is 36.6 Å². The third-order valence-electron chi connectivity index (χ3n) is 3.79. The predicted octanol–water partition coefficient (Wildman–Crippen LogP) is 2.00. The second-order valence-corrected chi connectivity index (χ2v) is 5.95. The second kappa shape index (κ2) is 5.89. The third-order valence-corrected chi connectivity index (χ3v) is 3.79. The molecule has 0 atom stereocenters. The quantitative estimate of drug-likeness (QED) is 0.903. The molecule has 0 saturated heterocycles. The van der Waals surface area contributed by atoms with Gasteiger partial charge in [0, 0.05) is 0 Å². The topological polar surface area (TPSA) is 89.2 Å². The normalized spacial score (nSPS) is 17.0. The molecule has 0 aromatic heterocycles. The second-order valence-electron chi connectivity index (χ2n) is 5.95. The number of hydrogen-bond acceptors (Lipinski definition) is 6. The summed E-state index contributed by atoms with van der Waals surface area (Å²) in [6.45, 7) is 4.22. The van der Waals surface area contributed by atoms with E-state index in [2.05, 4.69) is 40.3 Å². The highest BCUT2D eigenvalue weighted by atomic mass is 16.7. The minimum absolute atomic E-state index is 0.168. The largest absolute Gasteiger partial charge is 0.368 e. The van der Waals surface area contributed by atoms with E-state index in [0.29, 0.717) is 6.61 Å². The van der Waals surface area contributed by atoms with Gasteiger partial charge in [-0.25, -0.2) is 4.99 Å². The fraction of sp³-hybridized carbons (Fsp3) is 0.294. The van der Waals surface area contributed by atoms with Crippen LogP contribution < -0.4 is 11.5 Å². The summed E-state index contributed by atoms with van der Waals surface area (Å²) in [4.78, 5) is 14.0. The van der Waals surface area contributed by atoms with Gasteiger partial charge in [-0.2, -0.15) is 10.1 Å². The van der Waals surface area contributed by atoms with Crippen molar-refractivity contribution in [2.45, 2.75) is 25.9 Å². The Balaban J connectivity index is 1.71. The van der Waals surface area contributed by atoms with Crippen LogP contribution in [0.4, 0.5) is 0 Å². The molecule has 3 rings (SSSR count). The number of nitrogens with zero attached hydrogens (tertiary/aromatic N) is 3. The van der Waals surface area contributed by atoms with Gasteiger partial charge in [0.15, 0.2) is 5.66 Å². The van der Waals surface area contributed by atoms with Crippen molar-refractivity contribution in [1.82, 2.24) is 5.06 Å². The molecule has 1 heterocycles. The minimum Gasteiger partial charge on any atom is -0.368 e. The molecule has 4 N–H and O–H groups in total. The molecule has 1 aliphatic rings. The molecule has 0 spiro atoms. The van der Waals surface area contributed by atoms with E-state index < -0.39 is 5.66 Å². The van der Waals surface area contributed by atoms with Crippen molar-refractivity contribution in [3.63, 3.8) is 0 Å². The highest BCUT2D eigenvalue weighted by Gasteiger charge is 2.32. The van der Waals surface area contributed by atoms with Gasteiger partial charge >= 0.3 is 0 Å². The number of guanidine groups is 2. The Labute approximate surface area is 135 Å². The van der Waals surface area contributed by atoms with Gasteiger partial charge < -0.3 is 11.5 Å². The molecule has 6 nitrogen and oxygen atoms in total.